The molecule has 0 radical (unpaired) electrons. The molecule has 1 aliphatic rings. The summed E-state index contributed by atoms with van der Waals surface area (Å²) in [6.45, 7) is 4.03. The number of anilines is 2. The minimum absolute atomic E-state index is 0.00977. The van der Waals surface area contributed by atoms with E-state index in [1.807, 2.05) is 38.1 Å². The van der Waals surface area contributed by atoms with Crippen LogP contribution in [0.15, 0.2) is 71.6 Å². The Bertz CT molecular complexity index is 1240. The molecule has 5 nitrogen and oxygen atoms in total. The first-order valence-corrected chi connectivity index (χ1v) is 12.2. The minimum Gasteiger partial charge on any atom is -0.295 e. The van der Waals surface area contributed by atoms with Crippen LogP contribution in [-0.4, -0.2) is 20.1 Å². The second-order valence-corrected chi connectivity index (χ2v) is 10.1. The lowest BCUT2D eigenvalue weighted by atomic mass is 10.1. The van der Waals surface area contributed by atoms with Crippen LogP contribution in [0.1, 0.15) is 22.1 Å². The monoisotopic (exact) mass is 456 g/mol. The summed E-state index contributed by atoms with van der Waals surface area (Å²) < 4.78 is 41.0. The number of thioether (sulfide) groups is 1. The fourth-order valence-corrected chi connectivity index (χ4v) is 5.63. The van der Waals surface area contributed by atoms with E-state index in [2.05, 4.69) is 4.72 Å². The van der Waals surface area contributed by atoms with Gasteiger partial charge in [0, 0.05) is 11.4 Å². The molecule has 1 atom stereocenters. The van der Waals surface area contributed by atoms with Crippen LogP contribution < -0.4 is 9.62 Å². The summed E-state index contributed by atoms with van der Waals surface area (Å²) in [5.74, 6) is -0.144. The van der Waals surface area contributed by atoms with Crippen LogP contribution in [-0.2, 0) is 14.8 Å². The first-order chi connectivity index (χ1) is 14.7. The molecule has 0 bridgehead atoms. The van der Waals surface area contributed by atoms with Crippen molar-refractivity contribution in [3.63, 3.8) is 0 Å². The van der Waals surface area contributed by atoms with Gasteiger partial charge >= 0.3 is 0 Å². The molecule has 0 saturated carbocycles. The van der Waals surface area contributed by atoms with Crippen LogP contribution >= 0.6 is 11.8 Å². The lowest BCUT2D eigenvalue weighted by molar-refractivity contribution is -0.115. The highest BCUT2D eigenvalue weighted by Gasteiger charge is 2.34. The van der Waals surface area contributed by atoms with E-state index in [-0.39, 0.29) is 16.2 Å². The number of carbonyl (C=O) groups is 1. The summed E-state index contributed by atoms with van der Waals surface area (Å²) in [7, 11) is -3.86. The Labute approximate surface area is 185 Å². The molecule has 0 unspecified atom stereocenters. The number of nitrogens with one attached hydrogen (secondary N) is 1. The van der Waals surface area contributed by atoms with Gasteiger partial charge in [0.25, 0.3) is 10.0 Å². The molecule has 0 aliphatic carbocycles. The van der Waals surface area contributed by atoms with E-state index in [1.165, 1.54) is 23.9 Å². The Morgan fingerprint density at radius 1 is 1.00 bits per heavy atom. The zero-order valence-corrected chi connectivity index (χ0v) is 18.6. The third kappa shape index (κ3) is 4.45. The van der Waals surface area contributed by atoms with Crippen LogP contribution in [0.2, 0.25) is 0 Å². The average Bonchev–Trinajstić information content (AvgIpc) is 3.12. The van der Waals surface area contributed by atoms with Gasteiger partial charge in [0.15, 0.2) is 0 Å². The minimum atomic E-state index is -3.86. The van der Waals surface area contributed by atoms with Gasteiger partial charge in [-0.05, 0) is 79.1 Å². The molecule has 0 aromatic heterocycles. The summed E-state index contributed by atoms with van der Waals surface area (Å²) >= 11 is 1.50. The predicted octanol–water partition coefficient (Wildman–Crippen LogP) is 5.02. The van der Waals surface area contributed by atoms with Gasteiger partial charge in [-0.1, -0.05) is 18.2 Å². The van der Waals surface area contributed by atoms with E-state index in [0.29, 0.717) is 11.4 Å². The van der Waals surface area contributed by atoms with Crippen molar-refractivity contribution in [2.24, 2.45) is 0 Å². The summed E-state index contributed by atoms with van der Waals surface area (Å²) in [6.07, 6.45) is 0. The molecule has 1 heterocycles. The van der Waals surface area contributed by atoms with Gasteiger partial charge < -0.3 is 0 Å². The van der Waals surface area contributed by atoms with E-state index in [4.69, 9.17) is 0 Å². The molecule has 4 rings (SSSR count). The molecule has 160 valence electrons. The van der Waals surface area contributed by atoms with E-state index >= 15 is 0 Å². The van der Waals surface area contributed by atoms with Gasteiger partial charge in [-0.2, -0.15) is 0 Å². The molecule has 1 N–H and O–H groups in total. The molecule has 1 aliphatic heterocycles. The van der Waals surface area contributed by atoms with E-state index < -0.39 is 15.8 Å². The van der Waals surface area contributed by atoms with Crippen molar-refractivity contribution in [1.29, 1.82) is 0 Å². The molecule has 3 aromatic carbocycles. The predicted molar refractivity (Wildman–Crippen MR) is 122 cm³/mol. The third-order valence-corrected chi connectivity index (χ3v) is 7.79. The molecular weight excluding hydrogens is 435 g/mol. The van der Waals surface area contributed by atoms with Crippen LogP contribution in [0.25, 0.3) is 0 Å². The Balaban J connectivity index is 1.63. The van der Waals surface area contributed by atoms with Crippen molar-refractivity contribution in [1.82, 2.24) is 0 Å². The highest BCUT2D eigenvalue weighted by Crippen LogP contribution is 2.42. The largest absolute Gasteiger partial charge is 0.295 e. The molecule has 1 saturated heterocycles. The van der Waals surface area contributed by atoms with Crippen molar-refractivity contribution in [3.8, 4) is 0 Å². The van der Waals surface area contributed by atoms with Gasteiger partial charge in [-0.15, -0.1) is 11.8 Å². The average molecular weight is 457 g/mol. The Morgan fingerprint density at radius 2 is 1.74 bits per heavy atom. The van der Waals surface area contributed by atoms with E-state index in [1.54, 1.807) is 23.1 Å². The highest BCUT2D eigenvalue weighted by molar-refractivity contribution is 8.00. The summed E-state index contributed by atoms with van der Waals surface area (Å²) in [6, 6.07) is 17.6. The SMILES string of the molecule is Cc1ccc(N2C(=O)CS[C@H]2c2cccc(NS(=O)(=O)c3ccc(F)cc3)c2)cc1C. The Hall–Kier alpha value is -2.84. The number of hydrogen-bond acceptors (Lipinski definition) is 4. The van der Waals surface area contributed by atoms with Crippen molar-refractivity contribution < 1.29 is 17.6 Å². The van der Waals surface area contributed by atoms with Gasteiger partial charge in [-0.25, -0.2) is 12.8 Å². The molecule has 3 aromatic rings. The fraction of sp³-hybridized carbons (Fsp3) is 0.174. The van der Waals surface area contributed by atoms with Crippen molar-refractivity contribution in [2.45, 2.75) is 24.1 Å². The molecule has 1 fully saturated rings. The molecular formula is C23H21FN2O3S2. The number of halogens is 1. The number of aryl methyl sites for hydroxylation is 2. The topological polar surface area (TPSA) is 66.5 Å². The first kappa shape index (κ1) is 21.4. The molecule has 1 amide bonds. The summed E-state index contributed by atoms with van der Waals surface area (Å²) in [5, 5.41) is -0.259. The zero-order chi connectivity index (χ0) is 22.2. The van der Waals surface area contributed by atoms with E-state index in [0.717, 1.165) is 34.5 Å². The van der Waals surface area contributed by atoms with Crippen molar-refractivity contribution >= 4 is 39.1 Å². The van der Waals surface area contributed by atoms with Gasteiger partial charge in [-0.3, -0.25) is 14.4 Å². The zero-order valence-electron chi connectivity index (χ0n) is 17.0. The number of amides is 1. The maximum atomic E-state index is 13.1. The Morgan fingerprint density at radius 3 is 2.45 bits per heavy atom. The third-order valence-electron chi connectivity index (χ3n) is 5.18. The molecule has 31 heavy (non-hydrogen) atoms. The smallest absolute Gasteiger partial charge is 0.261 e. The second kappa shape index (κ2) is 8.36. The molecule has 0 spiro atoms. The number of carbonyl (C=O) groups excluding carboxylic acids is 1. The van der Waals surface area contributed by atoms with E-state index in [9.17, 15) is 17.6 Å². The standard InChI is InChI=1S/C23H21FN2O3S2/c1-15-6-9-20(12-16(15)2)26-22(27)14-30-23(26)17-4-3-5-19(13-17)25-31(28,29)21-10-7-18(24)8-11-21/h3-13,23,25H,14H2,1-2H3/t23-/m0/s1. The number of hydrogen-bond donors (Lipinski definition) is 1. The van der Waals surface area contributed by atoms with Crippen LogP contribution in [0.3, 0.4) is 0 Å². The Kier molecular flexibility index (Phi) is 5.77. The quantitative estimate of drug-likeness (QED) is 0.585. The maximum Gasteiger partial charge on any atom is 0.261 e. The van der Waals surface area contributed by atoms with Crippen molar-refractivity contribution in [3.05, 3.63) is 89.2 Å². The fourth-order valence-electron chi connectivity index (χ4n) is 3.41. The maximum absolute atomic E-state index is 13.1. The first-order valence-electron chi connectivity index (χ1n) is 9.64. The van der Waals surface area contributed by atoms with Crippen LogP contribution in [0.5, 0.6) is 0 Å². The van der Waals surface area contributed by atoms with Crippen LogP contribution in [0.4, 0.5) is 15.8 Å². The van der Waals surface area contributed by atoms with Gasteiger partial charge in [0.2, 0.25) is 5.91 Å². The summed E-state index contributed by atoms with van der Waals surface area (Å²) in [5.41, 5.74) is 4.26. The highest BCUT2D eigenvalue weighted by atomic mass is 32.2. The lowest BCUT2D eigenvalue weighted by Crippen LogP contribution is -2.28. The number of nitrogens with zero attached hydrogens (tertiary/aromatic N) is 1. The number of rotatable bonds is 5. The van der Waals surface area contributed by atoms with Crippen LogP contribution in [0, 0.1) is 19.7 Å². The normalized spacial score (nSPS) is 16.5. The van der Waals surface area contributed by atoms with Crippen molar-refractivity contribution in [2.75, 3.05) is 15.4 Å². The summed E-state index contributed by atoms with van der Waals surface area (Å²) in [4.78, 5) is 14.4. The number of benzene rings is 3. The number of sulfonamides is 1. The second-order valence-electron chi connectivity index (χ2n) is 7.38. The molecule has 8 heteroatoms. The van der Waals surface area contributed by atoms with Gasteiger partial charge in [0.1, 0.15) is 11.2 Å². The lowest BCUT2D eigenvalue weighted by Gasteiger charge is -2.25. The van der Waals surface area contributed by atoms with Gasteiger partial charge in [0.05, 0.1) is 10.6 Å².